The Balaban J connectivity index is 1.78. The van der Waals surface area contributed by atoms with Gasteiger partial charge in [-0.15, -0.1) is 0 Å². The monoisotopic (exact) mass is 356 g/mol. The summed E-state index contributed by atoms with van der Waals surface area (Å²) >= 11 is 0. The zero-order valence-electron chi connectivity index (χ0n) is 14.4. The zero-order valence-corrected chi connectivity index (χ0v) is 14.4. The molecule has 0 bridgehead atoms. The molecule has 0 fully saturated rings. The number of para-hydroxylation sites is 1. The van der Waals surface area contributed by atoms with Crippen molar-refractivity contribution in [2.24, 2.45) is 0 Å². The van der Waals surface area contributed by atoms with Crippen molar-refractivity contribution >= 4 is 16.7 Å². The average Bonchev–Trinajstić information content (AvgIpc) is 2.74. The molecule has 1 N–H and O–H groups in total. The molecule has 132 valence electrons. The number of aromatic nitrogens is 3. The first kappa shape index (κ1) is 16.7. The molecule has 0 spiro atoms. The van der Waals surface area contributed by atoms with Crippen molar-refractivity contribution in [2.45, 2.75) is 6.54 Å². The highest BCUT2D eigenvalue weighted by molar-refractivity contribution is 6.04. The molecular formula is C21H16N4O2. The van der Waals surface area contributed by atoms with Gasteiger partial charge in [-0.1, -0.05) is 36.4 Å². The molecule has 27 heavy (non-hydrogen) atoms. The van der Waals surface area contributed by atoms with E-state index in [2.05, 4.69) is 15.4 Å². The third-order valence-corrected chi connectivity index (χ3v) is 4.22. The normalized spacial score (nSPS) is 10.7. The quantitative estimate of drug-likeness (QED) is 0.610. The number of carbonyl (C=O) groups is 1. The lowest BCUT2D eigenvalue weighted by Crippen LogP contribution is -2.29. The Hall–Kier alpha value is -3.80. The van der Waals surface area contributed by atoms with Gasteiger partial charge >= 0.3 is 0 Å². The van der Waals surface area contributed by atoms with E-state index in [1.54, 1.807) is 48.8 Å². The van der Waals surface area contributed by atoms with E-state index in [9.17, 15) is 9.59 Å². The first-order chi connectivity index (χ1) is 13.2. The fraction of sp³-hybridized carbons (Fsp3) is 0.0476. The number of hydrogen-bond acceptors (Lipinski definition) is 4. The van der Waals surface area contributed by atoms with Crippen molar-refractivity contribution in [3.8, 4) is 5.69 Å². The van der Waals surface area contributed by atoms with Crippen LogP contribution in [0.15, 0.2) is 83.9 Å². The number of benzene rings is 2. The minimum Gasteiger partial charge on any atom is -0.347 e. The number of nitrogens with zero attached hydrogens (tertiary/aromatic N) is 3. The van der Waals surface area contributed by atoms with Crippen LogP contribution in [-0.4, -0.2) is 20.7 Å². The predicted octanol–water partition coefficient (Wildman–Crippen LogP) is 2.71. The Bertz CT molecular complexity index is 1160. The first-order valence-electron chi connectivity index (χ1n) is 8.48. The van der Waals surface area contributed by atoms with Crippen LogP contribution in [-0.2, 0) is 6.54 Å². The van der Waals surface area contributed by atoms with Crippen LogP contribution >= 0.6 is 0 Å². The lowest BCUT2D eigenvalue weighted by molar-refractivity contribution is 0.0946. The second-order valence-corrected chi connectivity index (χ2v) is 5.98. The van der Waals surface area contributed by atoms with Crippen molar-refractivity contribution in [1.29, 1.82) is 0 Å². The van der Waals surface area contributed by atoms with Gasteiger partial charge in [-0.25, -0.2) is 0 Å². The van der Waals surface area contributed by atoms with E-state index in [1.807, 2.05) is 30.3 Å². The SMILES string of the molecule is O=C(NCc1ccncc1)c1nn(-c2ccccc2)c(=O)c2ccccc12. The number of rotatable bonds is 4. The maximum absolute atomic E-state index is 12.8. The molecule has 0 saturated carbocycles. The molecule has 0 aliphatic rings. The van der Waals surface area contributed by atoms with E-state index in [4.69, 9.17) is 0 Å². The number of amides is 1. The molecule has 0 saturated heterocycles. The molecule has 4 aromatic rings. The Labute approximate surface area is 155 Å². The lowest BCUT2D eigenvalue weighted by atomic mass is 10.1. The highest BCUT2D eigenvalue weighted by Crippen LogP contribution is 2.15. The van der Waals surface area contributed by atoms with Crippen LogP contribution in [0.3, 0.4) is 0 Å². The number of nitrogens with one attached hydrogen (secondary N) is 1. The fourth-order valence-corrected chi connectivity index (χ4v) is 2.87. The lowest BCUT2D eigenvalue weighted by Gasteiger charge is -2.11. The van der Waals surface area contributed by atoms with Gasteiger partial charge in [0.25, 0.3) is 11.5 Å². The summed E-state index contributed by atoms with van der Waals surface area (Å²) in [5.41, 5.74) is 1.49. The van der Waals surface area contributed by atoms with Gasteiger partial charge in [0, 0.05) is 24.3 Å². The number of carbonyl (C=O) groups excluding carboxylic acids is 1. The third-order valence-electron chi connectivity index (χ3n) is 4.22. The molecular weight excluding hydrogens is 340 g/mol. The minimum atomic E-state index is -0.340. The van der Waals surface area contributed by atoms with Gasteiger partial charge in [-0.05, 0) is 35.9 Å². The highest BCUT2D eigenvalue weighted by atomic mass is 16.2. The molecule has 2 aromatic carbocycles. The Morgan fingerprint density at radius 3 is 2.30 bits per heavy atom. The molecule has 4 rings (SSSR count). The second-order valence-electron chi connectivity index (χ2n) is 5.98. The molecule has 0 aliphatic heterocycles. The van der Waals surface area contributed by atoms with Crippen molar-refractivity contribution in [2.75, 3.05) is 0 Å². The Morgan fingerprint density at radius 2 is 1.56 bits per heavy atom. The van der Waals surface area contributed by atoms with Crippen LogP contribution in [0.4, 0.5) is 0 Å². The summed E-state index contributed by atoms with van der Waals surface area (Å²) in [5.74, 6) is -0.340. The molecule has 6 heteroatoms. The molecule has 6 nitrogen and oxygen atoms in total. The predicted molar refractivity (Wildman–Crippen MR) is 103 cm³/mol. The van der Waals surface area contributed by atoms with Crippen LogP contribution in [0.1, 0.15) is 16.1 Å². The molecule has 0 atom stereocenters. The smallest absolute Gasteiger partial charge is 0.279 e. The molecule has 0 aliphatic carbocycles. The summed E-state index contributed by atoms with van der Waals surface area (Å²) in [6.45, 7) is 0.349. The summed E-state index contributed by atoms with van der Waals surface area (Å²) in [5, 5.41) is 8.20. The number of hydrogen-bond donors (Lipinski definition) is 1. The fourth-order valence-electron chi connectivity index (χ4n) is 2.87. The topological polar surface area (TPSA) is 76.9 Å². The molecule has 1 amide bonds. The van der Waals surface area contributed by atoms with Crippen molar-refractivity contribution in [3.05, 3.63) is 101 Å². The van der Waals surface area contributed by atoms with Crippen LogP contribution in [0, 0.1) is 0 Å². The van der Waals surface area contributed by atoms with E-state index in [1.165, 1.54) is 4.68 Å². The van der Waals surface area contributed by atoms with Crippen LogP contribution in [0.5, 0.6) is 0 Å². The number of pyridine rings is 1. The Morgan fingerprint density at radius 1 is 0.889 bits per heavy atom. The van der Waals surface area contributed by atoms with Gasteiger partial charge < -0.3 is 5.32 Å². The largest absolute Gasteiger partial charge is 0.347 e. The maximum atomic E-state index is 12.8. The summed E-state index contributed by atoms with van der Waals surface area (Å²) in [6, 6.07) is 19.7. The van der Waals surface area contributed by atoms with Gasteiger partial charge in [0.1, 0.15) is 0 Å². The van der Waals surface area contributed by atoms with Crippen molar-refractivity contribution in [1.82, 2.24) is 20.1 Å². The van der Waals surface area contributed by atoms with Gasteiger partial charge in [-0.2, -0.15) is 9.78 Å². The van der Waals surface area contributed by atoms with Gasteiger partial charge in [0.15, 0.2) is 5.69 Å². The van der Waals surface area contributed by atoms with Crippen LogP contribution < -0.4 is 10.9 Å². The molecule has 0 unspecified atom stereocenters. The molecule has 2 aromatic heterocycles. The molecule has 0 radical (unpaired) electrons. The standard InChI is InChI=1S/C21H16N4O2/c26-20(23-14-15-10-12-22-13-11-15)19-17-8-4-5-9-18(17)21(27)25(24-19)16-6-2-1-3-7-16/h1-13H,14H2,(H,23,26). The summed E-state index contributed by atoms with van der Waals surface area (Å²) in [6.07, 6.45) is 3.34. The van der Waals surface area contributed by atoms with E-state index < -0.39 is 0 Å². The summed E-state index contributed by atoms with van der Waals surface area (Å²) < 4.78 is 1.27. The maximum Gasteiger partial charge on any atom is 0.279 e. The molecule has 2 heterocycles. The van der Waals surface area contributed by atoms with Gasteiger partial charge in [0.05, 0.1) is 11.1 Å². The summed E-state index contributed by atoms with van der Waals surface area (Å²) in [7, 11) is 0. The average molecular weight is 356 g/mol. The van der Waals surface area contributed by atoms with E-state index in [0.717, 1.165) is 5.56 Å². The van der Waals surface area contributed by atoms with Crippen molar-refractivity contribution < 1.29 is 4.79 Å². The van der Waals surface area contributed by atoms with Gasteiger partial charge in [-0.3, -0.25) is 14.6 Å². The summed E-state index contributed by atoms with van der Waals surface area (Å²) in [4.78, 5) is 29.6. The van der Waals surface area contributed by atoms with Crippen molar-refractivity contribution in [3.63, 3.8) is 0 Å². The van der Waals surface area contributed by atoms with E-state index >= 15 is 0 Å². The number of fused-ring (bicyclic) bond motifs is 1. The minimum absolute atomic E-state index is 0.211. The van der Waals surface area contributed by atoms with Crippen LogP contribution in [0.2, 0.25) is 0 Å². The van der Waals surface area contributed by atoms with E-state index in [0.29, 0.717) is 23.0 Å². The zero-order chi connectivity index (χ0) is 18.6. The van der Waals surface area contributed by atoms with E-state index in [-0.39, 0.29) is 17.2 Å². The highest BCUT2D eigenvalue weighted by Gasteiger charge is 2.17. The first-order valence-corrected chi connectivity index (χ1v) is 8.48. The Kier molecular flexibility index (Phi) is 4.45. The van der Waals surface area contributed by atoms with Crippen LogP contribution in [0.25, 0.3) is 16.5 Å². The third kappa shape index (κ3) is 3.32. The van der Waals surface area contributed by atoms with Gasteiger partial charge in [0.2, 0.25) is 0 Å². The second kappa shape index (κ2) is 7.21.